The molecule has 1 N–H and O–H groups in total. The molecule has 2 heterocycles. The summed E-state index contributed by atoms with van der Waals surface area (Å²) < 4.78 is 32.3. The van der Waals surface area contributed by atoms with Gasteiger partial charge in [-0.3, -0.25) is 0 Å². The molecule has 7 nitrogen and oxygen atoms in total. The number of rotatable bonds is 0. The number of hydrogen-bond acceptors (Lipinski definition) is 4. The number of fused-ring (bicyclic) bond motifs is 1. The molecular formula is C10H19N3O4S. The van der Waals surface area contributed by atoms with Crippen LogP contribution in [0.25, 0.3) is 0 Å². The van der Waals surface area contributed by atoms with Crippen LogP contribution >= 0.6 is 0 Å². The second kappa shape index (κ2) is 4.36. The number of piperazine rings is 1. The maximum Gasteiger partial charge on any atom is 0.410 e. The molecule has 2 rings (SSSR count). The van der Waals surface area contributed by atoms with Crippen LogP contribution in [0.5, 0.6) is 0 Å². The average Bonchev–Trinajstić information content (AvgIpc) is 2.52. The van der Waals surface area contributed by atoms with Crippen molar-refractivity contribution >= 4 is 16.3 Å². The van der Waals surface area contributed by atoms with Crippen LogP contribution in [0.3, 0.4) is 0 Å². The summed E-state index contributed by atoms with van der Waals surface area (Å²) in [5.74, 6) is 0. The summed E-state index contributed by atoms with van der Waals surface area (Å²) in [6.07, 6.45) is -0.383. The number of hydrogen-bond donors (Lipinski definition) is 1. The zero-order valence-corrected chi connectivity index (χ0v) is 11.7. The highest BCUT2D eigenvalue weighted by atomic mass is 32.2. The van der Waals surface area contributed by atoms with Crippen molar-refractivity contribution in [1.29, 1.82) is 0 Å². The Kier molecular flexibility index (Phi) is 3.28. The maximum absolute atomic E-state index is 11.9. The van der Waals surface area contributed by atoms with Gasteiger partial charge in [0.1, 0.15) is 5.60 Å². The van der Waals surface area contributed by atoms with Crippen molar-refractivity contribution in [3.05, 3.63) is 0 Å². The fraction of sp³-hybridized carbons (Fsp3) is 0.900. The first-order chi connectivity index (χ1) is 8.19. The number of carbonyl (C=O) groups is 1. The van der Waals surface area contributed by atoms with Crippen molar-refractivity contribution < 1.29 is 17.9 Å². The minimum atomic E-state index is -3.33. The summed E-state index contributed by atoms with van der Waals surface area (Å²) in [4.78, 5) is 13.4. The highest BCUT2D eigenvalue weighted by Gasteiger charge is 2.42. The molecule has 1 amide bonds. The molecule has 1 atom stereocenters. The Morgan fingerprint density at radius 2 is 2.00 bits per heavy atom. The van der Waals surface area contributed by atoms with Gasteiger partial charge in [-0.2, -0.15) is 12.7 Å². The fourth-order valence-corrected chi connectivity index (χ4v) is 3.52. The van der Waals surface area contributed by atoms with E-state index < -0.39 is 15.8 Å². The molecule has 8 heteroatoms. The van der Waals surface area contributed by atoms with Crippen molar-refractivity contribution in [3.63, 3.8) is 0 Å². The third kappa shape index (κ3) is 2.76. The van der Waals surface area contributed by atoms with Gasteiger partial charge in [-0.1, -0.05) is 0 Å². The van der Waals surface area contributed by atoms with E-state index in [9.17, 15) is 13.2 Å². The lowest BCUT2D eigenvalue weighted by molar-refractivity contribution is 0.0149. The third-order valence-electron chi connectivity index (χ3n) is 2.89. The number of carbonyl (C=O) groups excluding carboxylic acids is 1. The zero-order valence-electron chi connectivity index (χ0n) is 10.8. The first kappa shape index (κ1) is 13.6. The molecule has 2 fully saturated rings. The second-order valence-corrected chi connectivity index (χ2v) is 7.25. The smallest absolute Gasteiger partial charge is 0.410 e. The van der Waals surface area contributed by atoms with Crippen LogP contribution in [0.4, 0.5) is 4.79 Å². The van der Waals surface area contributed by atoms with Gasteiger partial charge in [-0.05, 0) is 20.8 Å². The molecule has 0 unspecified atom stereocenters. The van der Waals surface area contributed by atoms with E-state index >= 15 is 0 Å². The summed E-state index contributed by atoms with van der Waals surface area (Å²) in [7, 11) is -3.33. The minimum absolute atomic E-state index is 0.184. The predicted octanol–water partition coefficient (Wildman–Crippen LogP) is -0.244. The summed E-state index contributed by atoms with van der Waals surface area (Å²) in [6.45, 7) is 6.84. The van der Waals surface area contributed by atoms with E-state index in [0.717, 1.165) is 0 Å². The van der Waals surface area contributed by atoms with E-state index in [-0.39, 0.29) is 12.1 Å². The highest BCUT2D eigenvalue weighted by Crippen LogP contribution is 2.20. The topological polar surface area (TPSA) is 79.0 Å². The molecule has 0 radical (unpaired) electrons. The van der Waals surface area contributed by atoms with Gasteiger partial charge in [0.2, 0.25) is 0 Å². The Hall–Kier alpha value is -0.860. The molecule has 0 aromatic heterocycles. The van der Waals surface area contributed by atoms with Crippen molar-refractivity contribution in [2.45, 2.75) is 32.4 Å². The molecule has 2 aliphatic rings. The largest absolute Gasteiger partial charge is 0.444 e. The highest BCUT2D eigenvalue weighted by molar-refractivity contribution is 7.87. The quantitative estimate of drug-likeness (QED) is 0.662. The number of ether oxygens (including phenoxy) is 1. The van der Waals surface area contributed by atoms with E-state index in [1.807, 2.05) is 20.8 Å². The van der Waals surface area contributed by atoms with Crippen LogP contribution in [0, 0.1) is 0 Å². The first-order valence-electron chi connectivity index (χ1n) is 5.93. The first-order valence-corrected chi connectivity index (χ1v) is 7.37. The Bertz CT molecular complexity index is 443. The maximum atomic E-state index is 11.9. The minimum Gasteiger partial charge on any atom is -0.444 e. The van der Waals surface area contributed by atoms with Gasteiger partial charge in [0, 0.05) is 26.2 Å². The fourth-order valence-electron chi connectivity index (χ4n) is 2.10. The van der Waals surface area contributed by atoms with Crippen molar-refractivity contribution in [2.24, 2.45) is 0 Å². The normalized spacial score (nSPS) is 27.9. The third-order valence-corrected chi connectivity index (χ3v) is 4.52. The Morgan fingerprint density at radius 1 is 1.33 bits per heavy atom. The van der Waals surface area contributed by atoms with Crippen LogP contribution < -0.4 is 4.72 Å². The van der Waals surface area contributed by atoms with Crippen molar-refractivity contribution in [3.8, 4) is 0 Å². The number of nitrogens with zero attached hydrogens (tertiary/aromatic N) is 2. The Morgan fingerprint density at radius 3 is 2.61 bits per heavy atom. The van der Waals surface area contributed by atoms with E-state index in [2.05, 4.69) is 4.72 Å². The Balaban J connectivity index is 1.99. The summed E-state index contributed by atoms with van der Waals surface area (Å²) >= 11 is 0. The second-order valence-electron chi connectivity index (χ2n) is 5.54. The van der Waals surface area contributed by atoms with E-state index in [0.29, 0.717) is 26.2 Å². The van der Waals surface area contributed by atoms with Gasteiger partial charge in [0.25, 0.3) is 10.2 Å². The van der Waals surface area contributed by atoms with Gasteiger partial charge < -0.3 is 9.64 Å². The molecule has 0 aromatic rings. The van der Waals surface area contributed by atoms with Crippen molar-refractivity contribution in [2.75, 3.05) is 26.2 Å². The van der Waals surface area contributed by atoms with Gasteiger partial charge in [0.15, 0.2) is 0 Å². The lowest BCUT2D eigenvalue weighted by Gasteiger charge is -2.36. The zero-order chi connectivity index (χ0) is 13.6. The van der Waals surface area contributed by atoms with Gasteiger partial charge >= 0.3 is 6.09 Å². The van der Waals surface area contributed by atoms with Gasteiger partial charge in [0.05, 0.1) is 6.04 Å². The molecule has 0 bridgehead atoms. The van der Waals surface area contributed by atoms with E-state index in [1.165, 1.54) is 4.31 Å². The molecular weight excluding hydrogens is 258 g/mol. The molecule has 0 aliphatic carbocycles. The number of nitrogens with one attached hydrogen (secondary N) is 1. The van der Waals surface area contributed by atoms with Crippen LogP contribution in [0.1, 0.15) is 20.8 Å². The molecule has 0 saturated carbocycles. The van der Waals surface area contributed by atoms with Crippen LogP contribution in [-0.2, 0) is 14.9 Å². The SMILES string of the molecule is CC(C)(C)OC(=O)N1CCN2[C@H](CNS2(=O)=O)C1. The molecule has 0 spiro atoms. The predicted molar refractivity (Wildman–Crippen MR) is 65.2 cm³/mol. The van der Waals surface area contributed by atoms with Crippen LogP contribution in [0.15, 0.2) is 0 Å². The molecule has 0 aromatic carbocycles. The van der Waals surface area contributed by atoms with Crippen molar-refractivity contribution in [1.82, 2.24) is 13.9 Å². The molecule has 2 aliphatic heterocycles. The standard InChI is InChI=1S/C10H19N3O4S/c1-10(2,3)17-9(14)12-4-5-13-8(7-12)6-11-18(13,15)16/h8,11H,4-7H2,1-3H3/t8-/m1/s1. The van der Waals surface area contributed by atoms with Crippen LogP contribution in [-0.4, -0.2) is 61.5 Å². The summed E-state index contributed by atoms with van der Waals surface area (Å²) in [5.41, 5.74) is -0.534. The van der Waals surface area contributed by atoms with E-state index in [4.69, 9.17) is 4.74 Å². The van der Waals surface area contributed by atoms with Gasteiger partial charge in [-0.15, -0.1) is 0 Å². The van der Waals surface area contributed by atoms with E-state index in [1.54, 1.807) is 4.90 Å². The lowest BCUT2D eigenvalue weighted by atomic mass is 10.2. The molecule has 104 valence electrons. The molecule has 2 saturated heterocycles. The monoisotopic (exact) mass is 277 g/mol. The van der Waals surface area contributed by atoms with Crippen LogP contribution in [0.2, 0.25) is 0 Å². The summed E-state index contributed by atoms with van der Waals surface area (Å²) in [5, 5.41) is 0. The average molecular weight is 277 g/mol. The molecule has 18 heavy (non-hydrogen) atoms. The summed E-state index contributed by atoms with van der Waals surface area (Å²) in [6, 6.07) is -0.184. The Labute approximate surface area is 107 Å². The lowest BCUT2D eigenvalue weighted by Crippen LogP contribution is -2.54. The number of amides is 1. The van der Waals surface area contributed by atoms with Gasteiger partial charge in [-0.25, -0.2) is 9.52 Å².